The molecule has 0 bridgehead atoms. The van der Waals surface area contributed by atoms with Crippen LogP contribution in [0, 0.1) is 6.92 Å². The largest absolute Gasteiger partial charge is 0.292 e. The second kappa shape index (κ2) is 10.9. The van der Waals surface area contributed by atoms with Crippen LogP contribution in [0.2, 0.25) is 0 Å². The van der Waals surface area contributed by atoms with Crippen molar-refractivity contribution >= 4 is 21.6 Å². The van der Waals surface area contributed by atoms with Crippen molar-refractivity contribution in [1.29, 1.82) is 0 Å². The monoisotopic (exact) mass is 490 g/mol. The Bertz CT molecular complexity index is 1280. The van der Waals surface area contributed by atoms with E-state index in [2.05, 4.69) is 22.7 Å². The van der Waals surface area contributed by atoms with Crippen molar-refractivity contribution in [2.75, 3.05) is 32.7 Å². The topological polar surface area (TPSA) is 82.1 Å². The van der Waals surface area contributed by atoms with Crippen LogP contribution < -0.4 is 5.43 Å². The highest BCUT2D eigenvalue weighted by molar-refractivity contribution is 7.89. The van der Waals surface area contributed by atoms with Crippen LogP contribution in [0.15, 0.2) is 88.9 Å². The molecular formula is C27H30N4O3S. The summed E-state index contributed by atoms with van der Waals surface area (Å²) in [5.41, 5.74) is 7.55. The Kier molecular flexibility index (Phi) is 7.75. The number of carbonyl (C=O) groups is 1. The molecule has 182 valence electrons. The number of piperazine rings is 1. The van der Waals surface area contributed by atoms with Gasteiger partial charge < -0.3 is 0 Å². The Labute approximate surface area is 207 Å². The zero-order chi connectivity index (χ0) is 24.8. The number of hydrogen-bond acceptors (Lipinski definition) is 5. The number of sulfonamides is 1. The van der Waals surface area contributed by atoms with E-state index in [1.54, 1.807) is 24.3 Å². The van der Waals surface area contributed by atoms with E-state index in [4.69, 9.17) is 0 Å². The number of hydrazone groups is 1. The maximum atomic E-state index is 12.9. The van der Waals surface area contributed by atoms with Gasteiger partial charge in [0.15, 0.2) is 0 Å². The van der Waals surface area contributed by atoms with Gasteiger partial charge >= 0.3 is 0 Å². The van der Waals surface area contributed by atoms with Crippen molar-refractivity contribution in [2.24, 2.45) is 5.10 Å². The van der Waals surface area contributed by atoms with Crippen LogP contribution in [0.1, 0.15) is 18.1 Å². The number of rotatable bonds is 7. The Morgan fingerprint density at radius 1 is 0.857 bits per heavy atom. The molecule has 0 unspecified atom stereocenters. The molecule has 0 aromatic heterocycles. The van der Waals surface area contributed by atoms with E-state index >= 15 is 0 Å². The second-order valence-electron chi connectivity index (χ2n) is 8.67. The SMILES string of the molecule is C/C(=N/NC(=O)CN1CCN(S(=O)(=O)c2ccc(C)cc2)CC1)c1ccc(-c2ccccc2)cc1. The molecule has 1 saturated heterocycles. The molecule has 7 nitrogen and oxygen atoms in total. The average Bonchev–Trinajstić information content (AvgIpc) is 2.88. The smallest absolute Gasteiger partial charge is 0.254 e. The van der Waals surface area contributed by atoms with Crippen molar-refractivity contribution in [3.05, 3.63) is 90.0 Å². The summed E-state index contributed by atoms with van der Waals surface area (Å²) in [6.45, 7) is 5.62. The van der Waals surface area contributed by atoms with Gasteiger partial charge in [0.05, 0.1) is 17.2 Å². The lowest BCUT2D eigenvalue weighted by atomic mass is 10.0. The lowest BCUT2D eigenvalue weighted by Gasteiger charge is -2.33. The predicted octanol–water partition coefficient (Wildman–Crippen LogP) is 3.51. The lowest BCUT2D eigenvalue weighted by Crippen LogP contribution is -2.50. The molecule has 4 rings (SSSR count). The van der Waals surface area contributed by atoms with Crippen molar-refractivity contribution in [3.8, 4) is 11.1 Å². The van der Waals surface area contributed by atoms with Crippen molar-refractivity contribution < 1.29 is 13.2 Å². The maximum absolute atomic E-state index is 12.9. The van der Waals surface area contributed by atoms with E-state index in [9.17, 15) is 13.2 Å². The van der Waals surface area contributed by atoms with Crippen LogP contribution in [-0.2, 0) is 14.8 Å². The number of hydrogen-bond donors (Lipinski definition) is 1. The molecule has 3 aromatic carbocycles. The van der Waals surface area contributed by atoms with Gasteiger partial charge in [-0.2, -0.15) is 9.41 Å². The molecule has 0 saturated carbocycles. The van der Waals surface area contributed by atoms with Gasteiger partial charge in [-0.15, -0.1) is 0 Å². The third kappa shape index (κ3) is 6.22. The van der Waals surface area contributed by atoms with E-state index in [0.29, 0.717) is 36.8 Å². The van der Waals surface area contributed by atoms with Crippen LogP contribution in [0.25, 0.3) is 11.1 Å². The Balaban J connectivity index is 1.27. The van der Waals surface area contributed by atoms with E-state index in [-0.39, 0.29) is 12.5 Å². The molecule has 35 heavy (non-hydrogen) atoms. The van der Waals surface area contributed by atoms with Gasteiger partial charge in [-0.3, -0.25) is 9.69 Å². The first kappa shape index (κ1) is 24.8. The fourth-order valence-corrected chi connectivity index (χ4v) is 5.39. The van der Waals surface area contributed by atoms with Crippen molar-refractivity contribution in [2.45, 2.75) is 18.7 Å². The minimum atomic E-state index is -3.52. The quantitative estimate of drug-likeness (QED) is 0.406. The highest BCUT2D eigenvalue weighted by Gasteiger charge is 2.28. The standard InChI is InChI=1S/C27H30N4O3S/c1-21-8-14-26(15-9-21)35(33,34)31-18-16-30(17-19-31)20-27(32)29-28-22(2)23-10-12-25(13-11-23)24-6-4-3-5-7-24/h3-15H,16-20H2,1-2H3,(H,29,32)/b28-22-. The van der Waals surface area contributed by atoms with Gasteiger partial charge in [-0.05, 0) is 42.7 Å². The van der Waals surface area contributed by atoms with E-state index in [0.717, 1.165) is 22.3 Å². The van der Waals surface area contributed by atoms with Crippen molar-refractivity contribution in [3.63, 3.8) is 0 Å². The van der Waals surface area contributed by atoms with Gasteiger partial charge in [0.2, 0.25) is 10.0 Å². The number of carbonyl (C=O) groups excluding carboxylic acids is 1. The molecule has 0 atom stereocenters. The zero-order valence-corrected chi connectivity index (χ0v) is 20.8. The van der Waals surface area contributed by atoms with E-state index < -0.39 is 10.0 Å². The molecule has 1 heterocycles. The van der Waals surface area contributed by atoms with Crippen LogP contribution in [-0.4, -0.2) is 62.0 Å². The third-order valence-electron chi connectivity index (χ3n) is 6.12. The number of nitrogens with one attached hydrogen (secondary N) is 1. The molecule has 0 aliphatic carbocycles. The highest BCUT2D eigenvalue weighted by Crippen LogP contribution is 2.20. The Morgan fingerprint density at radius 2 is 1.46 bits per heavy atom. The first-order chi connectivity index (χ1) is 16.8. The first-order valence-corrected chi connectivity index (χ1v) is 13.0. The first-order valence-electron chi connectivity index (χ1n) is 11.6. The van der Waals surface area contributed by atoms with Crippen LogP contribution in [0.3, 0.4) is 0 Å². The highest BCUT2D eigenvalue weighted by atomic mass is 32.2. The van der Waals surface area contributed by atoms with Crippen LogP contribution >= 0.6 is 0 Å². The summed E-state index contributed by atoms with van der Waals surface area (Å²) in [4.78, 5) is 14.7. The molecule has 1 amide bonds. The molecular weight excluding hydrogens is 460 g/mol. The van der Waals surface area contributed by atoms with Gasteiger partial charge in [0, 0.05) is 26.2 Å². The molecule has 8 heteroatoms. The fourth-order valence-electron chi connectivity index (χ4n) is 3.97. The number of aryl methyl sites for hydroxylation is 1. The van der Waals surface area contributed by atoms with Gasteiger partial charge in [-0.25, -0.2) is 13.8 Å². The normalized spacial score (nSPS) is 15.7. The molecule has 1 N–H and O–H groups in total. The minimum absolute atomic E-state index is 0.169. The summed E-state index contributed by atoms with van der Waals surface area (Å²) in [6, 6.07) is 25.1. The molecule has 1 fully saturated rings. The average molecular weight is 491 g/mol. The summed E-state index contributed by atoms with van der Waals surface area (Å²) in [7, 11) is -3.52. The summed E-state index contributed by atoms with van der Waals surface area (Å²) < 4.78 is 27.2. The van der Waals surface area contributed by atoms with Gasteiger partial charge in [0.25, 0.3) is 5.91 Å². The molecule has 0 radical (unpaired) electrons. The van der Waals surface area contributed by atoms with Gasteiger partial charge in [-0.1, -0.05) is 72.3 Å². The summed E-state index contributed by atoms with van der Waals surface area (Å²) in [6.07, 6.45) is 0. The Hall–Kier alpha value is -3.33. The van der Waals surface area contributed by atoms with Crippen molar-refractivity contribution in [1.82, 2.24) is 14.6 Å². The maximum Gasteiger partial charge on any atom is 0.254 e. The van der Waals surface area contributed by atoms with Crippen LogP contribution in [0.4, 0.5) is 0 Å². The number of nitrogens with zero attached hydrogens (tertiary/aromatic N) is 3. The van der Waals surface area contributed by atoms with Gasteiger partial charge in [0.1, 0.15) is 0 Å². The summed E-state index contributed by atoms with van der Waals surface area (Å²) >= 11 is 0. The molecule has 1 aliphatic rings. The molecule has 3 aromatic rings. The lowest BCUT2D eigenvalue weighted by molar-refractivity contribution is -0.122. The van der Waals surface area contributed by atoms with E-state index in [1.807, 2.05) is 61.2 Å². The summed E-state index contributed by atoms with van der Waals surface area (Å²) in [5.74, 6) is -0.222. The minimum Gasteiger partial charge on any atom is -0.292 e. The van der Waals surface area contributed by atoms with Crippen LogP contribution in [0.5, 0.6) is 0 Å². The summed E-state index contributed by atoms with van der Waals surface area (Å²) in [5, 5.41) is 4.25. The molecule has 0 spiro atoms. The predicted molar refractivity (Wildman–Crippen MR) is 139 cm³/mol. The second-order valence-corrected chi connectivity index (χ2v) is 10.6. The third-order valence-corrected chi connectivity index (χ3v) is 8.03. The Morgan fingerprint density at radius 3 is 2.09 bits per heavy atom. The number of amides is 1. The zero-order valence-electron chi connectivity index (χ0n) is 20.0. The number of benzene rings is 3. The fraction of sp³-hybridized carbons (Fsp3) is 0.259. The molecule has 1 aliphatic heterocycles. The van der Waals surface area contributed by atoms with E-state index in [1.165, 1.54) is 4.31 Å².